The maximum absolute atomic E-state index is 13.3. The van der Waals surface area contributed by atoms with Gasteiger partial charge in [-0.2, -0.15) is 0 Å². The predicted octanol–water partition coefficient (Wildman–Crippen LogP) is 4.80. The Morgan fingerprint density at radius 1 is 1.26 bits per heavy atom. The van der Waals surface area contributed by atoms with Crippen molar-refractivity contribution in [2.24, 2.45) is 5.41 Å². The van der Waals surface area contributed by atoms with E-state index >= 15 is 0 Å². The number of rotatable bonds is 2. The summed E-state index contributed by atoms with van der Waals surface area (Å²) < 4.78 is 13.3. The first-order valence-corrected chi connectivity index (χ1v) is 8.84. The van der Waals surface area contributed by atoms with E-state index < -0.39 is 0 Å². The number of carbonyl (C=O) groups excluding carboxylic acids is 1. The Labute approximate surface area is 140 Å². The number of thiophene rings is 1. The van der Waals surface area contributed by atoms with Crippen molar-refractivity contribution < 1.29 is 9.18 Å². The van der Waals surface area contributed by atoms with Crippen molar-refractivity contribution in [2.75, 3.05) is 6.54 Å². The van der Waals surface area contributed by atoms with Crippen LogP contribution in [0.5, 0.6) is 0 Å². The van der Waals surface area contributed by atoms with Gasteiger partial charge >= 0.3 is 0 Å². The van der Waals surface area contributed by atoms with Crippen LogP contribution in [0, 0.1) is 11.2 Å². The minimum Gasteiger partial charge on any atom is -0.331 e. The van der Waals surface area contributed by atoms with Gasteiger partial charge in [0.2, 0.25) is 5.91 Å². The molecular weight excluding hydrogens is 309 g/mol. The van der Waals surface area contributed by atoms with Crippen LogP contribution in [0.4, 0.5) is 4.39 Å². The van der Waals surface area contributed by atoms with Gasteiger partial charge in [0.05, 0.1) is 6.04 Å². The highest BCUT2D eigenvalue weighted by Gasteiger charge is 2.34. The molecule has 3 rings (SSSR count). The number of hydrogen-bond donors (Lipinski definition) is 0. The van der Waals surface area contributed by atoms with E-state index in [-0.39, 0.29) is 23.2 Å². The van der Waals surface area contributed by atoms with E-state index in [4.69, 9.17) is 0 Å². The van der Waals surface area contributed by atoms with Crippen molar-refractivity contribution >= 4 is 17.2 Å². The van der Waals surface area contributed by atoms with E-state index in [1.165, 1.54) is 22.6 Å². The Kier molecular flexibility index (Phi) is 4.28. The summed E-state index contributed by atoms with van der Waals surface area (Å²) in [5.74, 6) is -0.0775. The second kappa shape index (κ2) is 6.08. The van der Waals surface area contributed by atoms with Crippen LogP contribution >= 0.6 is 11.3 Å². The van der Waals surface area contributed by atoms with Crippen molar-refractivity contribution in [3.63, 3.8) is 0 Å². The highest BCUT2D eigenvalue weighted by molar-refractivity contribution is 7.10. The Hall–Kier alpha value is -1.68. The maximum Gasteiger partial charge on any atom is 0.223 e. The predicted molar refractivity (Wildman–Crippen MR) is 92.1 cm³/mol. The SMILES string of the molecule is CC(C)(C)CC(=O)N1CCc2sccc2[C@H]1c1ccc(F)cc1. The van der Waals surface area contributed by atoms with Gasteiger partial charge in [-0.1, -0.05) is 32.9 Å². The largest absolute Gasteiger partial charge is 0.331 e. The smallest absolute Gasteiger partial charge is 0.223 e. The molecule has 23 heavy (non-hydrogen) atoms. The molecule has 1 amide bonds. The third-order valence-corrected chi connectivity index (χ3v) is 5.15. The molecule has 0 saturated carbocycles. The average molecular weight is 331 g/mol. The van der Waals surface area contributed by atoms with Gasteiger partial charge in [-0.05, 0) is 46.5 Å². The fraction of sp³-hybridized carbons (Fsp3) is 0.421. The Morgan fingerprint density at radius 3 is 2.61 bits per heavy atom. The number of amides is 1. The molecule has 1 aromatic carbocycles. The topological polar surface area (TPSA) is 20.3 Å². The van der Waals surface area contributed by atoms with Crippen molar-refractivity contribution in [3.8, 4) is 0 Å². The van der Waals surface area contributed by atoms with Gasteiger partial charge in [-0.15, -0.1) is 11.3 Å². The van der Waals surface area contributed by atoms with E-state index in [1.54, 1.807) is 23.5 Å². The number of benzene rings is 1. The van der Waals surface area contributed by atoms with E-state index in [0.29, 0.717) is 6.42 Å². The zero-order valence-electron chi connectivity index (χ0n) is 13.8. The van der Waals surface area contributed by atoms with Crippen molar-refractivity contribution in [1.82, 2.24) is 4.90 Å². The van der Waals surface area contributed by atoms with Gasteiger partial charge in [-0.3, -0.25) is 4.79 Å². The summed E-state index contributed by atoms with van der Waals surface area (Å²) in [6.45, 7) is 6.97. The van der Waals surface area contributed by atoms with Crippen molar-refractivity contribution in [1.29, 1.82) is 0 Å². The maximum atomic E-state index is 13.3. The molecular formula is C19H22FNOS. The standard InChI is InChI=1S/C19H22FNOS/c1-19(2,3)12-17(22)21-10-8-16-15(9-11-23-16)18(21)13-4-6-14(20)7-5-13/h4-7,9,11,18H,8,10,12H2,1-3H3/t18-/m1/s1. The summed E-state index contributed by atoms with van der Waals surface area (Å²) in [4.78, 5) is 16.1. The highest BCUT2D eigenvalue weighted by Crippen LogP contribution is 2.38. The van der Waals surface area contributed by atoms with Gasteiger partial charge in [-0.25, -0.2) is 4.39 Å². The summed E-state index contributed by atoms with van der Waals surface area (Å²) in [5, 5.41) is 2.08. The molecule has 0 bridgehead atoms. The monoisotopic (exact) mass is 331 g/mol. The van der Waals surface area contributed by atoms with Crippen LogP contribution < -0.4 is 0 Å². The first-order valence-electron chi connectivity index (χ1n) is 7.96. The molecule has 0 unspecified atom stereocenters. The Morgan fingerprint density at radius 2 is 1.96 bits per heavy atom. The first-order chi connectivity index (χ1) is 10.8. The summed E-state index contributed by atoms with van der Waals surface area (Å²) in [5.41, 5.74) is 2.13. The molecule has 1 atom stereocenters. The quantitative estimate of drug-likeness (QED) is 0.774. The number of hydrogen-bond acceptors (Lipinski definition) is 2. The van der Waals surface area contributed by atoms with Crippen molar-refractivity contribution in [2.45, 2.75) is 39.7 Å². The first kappa shape index (κ1) is 16.2. The van der Waals surface area contributed by atoms with Gasteiger partial charge in [0, 0.05) is 17.8 Å². The number of fused-ring (bicyclic) bond motifs is 1. The van der Waals surface area contributed by atoms with Crippen molar-refractivity contribution in [3.05, 3.63) is 57.5 Å². The second-order valence-corrected chi connectivity index (χ2v) is 8.33. The number of nitrogens with zero attached hydrogens (tertiary/aromatic N) is 1. The molecule has 122 valence electrons. The molecule has 2 aromatic rings. The zero-order valence-corrected chi connectivity index (χ0v) is 14.6. The Bertz CT molecular complexity index is 699. The molecule has 1 aromatic heterocycles. The van der Waals surface area contributed by atoms with Crippen LogP contribution in [0.15, 0.2) is 35.7 Å². The van der Waals surface area contributed by atoms with Gasteiger partial charge in [0.15, 0.2) is 0 Å². The van der Waals surface area contributed by atoms with E-state index in [1.807, 2.05) is 4.90 Å². The highest BCUT2D eigenvalue weighted by atomic mass is 32.1. The van der Waals surface area contributed by atoms with Crippen LogP contribution in [0.3, 0.4) is 0 Å². The van der Waals surface area contributed by atoms with Crippen LogP contribution in [0.1, 0.15) is 49.2 Å². The molecule has 2 heterocycles. The third kappa shape index (κ3) is 3.47. The molecule has 0 spiro atoms. The lowest BCUT2D eigenvalue weighted by molar-refractivity contribution is -0.135. The fourth-order valence-corrected chi connectivity index (χ4v) is 4.05. The Balaban J connectivity index is 1.98. The molecule has 1 aliphatic rings. The van der Waals surface area contributed by atoms with Gasteiger partial charge in [0.1, 0.15) is 5.82 Å². The zero-order chi connectivity index (χ0) is 16.6. The minimum absolute atomic E-state index is 0.0423. The van der Waals surface area contributed by atoms with Crippen LogP contribution in [0.25, 0.3) is 0 Å². The van der Waals surface area contributed by atoms with Gasteiger partial charge in [0.25, 0.3) is 0 Å². The van der Waals surface area contributed by atoms with E-state index in [2.05, 4.69) is 32.2 Å². The molecule has 2 nitrogen and oxygen atoms in total. The lowest BCUT2D eigenvalue weighted by Crippen LogP contribution is -2.41. The second-order valence-electron chi connectivity index (χ2n) is 7.33. The average Bonchev–Trinajstić information content (AvgIpc) is 2.93. The van der Waals surface area contributed by atoms with E-state index in [0.717, 1.165) is 18.5 Å². The normalized spacial score (nSPS) is 17.9. The molecule has 0 fully saturated rings. The fourth-order valence-electron chi connectivity index (χ4n) is 3.14. The third-order valence-electron chi connectivity index (χ3n) is 4.15. The van der Waals surface area contributed by atoms with Crippen LogP contribution in [0.2, 0.25) is 0 Å². The number of halogens is 1. The summed E-state index contributed by atoms with van der Waals surface area (Å²) in [6, 6.07) is 8.55. The summed E-state index contributed by atoms with van der Waals surface area (Å²) in [6.07, 6.45) is 1.42. The van der Waals surface area contributed by atoms with Crippen LogP contribution in [-0.2, 0) is 11.2 Å². The minimum atomic E-state index is -0.248. The van der Waals surface area contributed by atoms with Gasteiger partial charge < -0.3 is 4.90 Å². The summed E-state index contributed by atoms with van der Waals surface area (Å²) in [7, 11) is 0. The lowest BCUT2D eigenvalue weighted by atomic mass is 9.88. The van der Waals surface area contributed by atoms with Crippen LogP contribution in [-0.4, -0.2) is 17.4 Å². The molecule has 4 heteroatoms. The molecule has 0 aliphatic carbocycles. The van der Waals surface area contributed by atoms with E-state index in [9.17, 15) is 9.18 Å². The lowest BCUT2D eigenvalue weighted by Gasteiger charge is -2.37. The number of carbonyl (C=O) groups is 1. The molecule has 0 radical (unpaired) electrons. The molecule has 1 aliphatic heterocycles. The molecule has 0 N–H and O–H groups in total. The summed E-state index contributed by atoms with van der Waals surface area (Å²) >= 11 is 1.74. The molecule has 0 saturated heterocycles.